The van der Waals surface area contributed by atoms with Gasteiger partial charge in [-0.1, -0.05) is 97.3 Å². The van der Waals surface area contributed by atoms with Crippen molar-refractivity contribution < 1.29 is 40.7 Å². The average molecular weight is 590 g/mol. The molecule has 1 rings (SSSR count). The van der Waals surface area contributed by atoms with Crippen LogP contribution in [0, 0.1) is 0 Å². The van der Waals surface area contributed by atoms with Crippen molar-refractivity contribution in [1.82, 2.24) is 9.80 Å². The SMILES string of the molecule is CCCCCCCCCCCCCCCC(OC(CC)N1CC(=O)N(CC[N+](C)(C)C)C1=O)C(C)OC(C)=O.[Cl-]. The summed E-state index contributed by atoms with van der Waals surface area (Å²) in [7, 11) is 6.12. The zero-order chi connectivity index (χ0) is 29.3. The molecule has 1 heterocycles. The minimum atomic E-state index is -0.527. The zero-order valence-corrected chi connectivity index (χ0v) is 27.5. The number of imide groups is 1. The maximum atomic E-state index is 13.1. The predicted molar refractivity (Wildman–Crippen MR) is 157 cm³/mol. The van der Waals surface area contributed by atoms with E-state index in [2.05, 4.69) is 6.92 Å². The third-order valence-corrected chi connectivity index (χ3v) is 7.57. The molecule has 3 amide bonds. The Hall–Kier alpha value is -1.38. The number of rotatable bonds is 23. The van der Waals surface area contributed by atoms with Crippen LogP contribution in [0.3, 0.4) is 0 Å². The second kappa shape index (κ2) is 21.3. The summed E-state index contributed by atoms with van der Waals surface area (Å²) in [4.78, 5) is 40.3. The van der Waals surface area contributed by atoms with Gasteiger partial charge in [-0.15, -0.1) is 0 Å². The first kappa shape index (κ1) is 38.6. The lowest BCUT2D eigenvalue weighted by atomic mass is 10.0. The zero-order valence-electron chi connectivity index (χ0n) is 26.7. The molecule has 0 aliphatic carbocycles. The standard InChI is InChI=1S/C31H60N3O5.ClH/c1-8-10-11-12-13-14-15-16-17-18-19-20-21-22-28(26(3)38-27(4)35)39-30(9-2)33-25-29(36)32(31(33)37)23-24-34(5,6)7;/h26,28,30H,8-25H2,1-7H3;1H/q+1;/p-1. The van der Waals surface area contributed by atoms with Gasteiger partial charge in [-0.2, -0.15) is 0 Å². The Kier molecular flexibility index (Phi) is 20.6. The molecule has 0 aromatic carbocycles. The minimum Gasteiger partial charge on any atom is -1.00 e. The van der Waals surface area contributed by atoms with Crippen LogP contribution in [0.15, 0.2) is 0 Å². The van der Waals surface area contributed by atoms with E-state index in [1.165, 1.54) is 87.4 Å². The molecule has 9 heteroatoms. The van der Waals surface area contributed by atoms with Crippen molar-refractivity contribution in [3.63, 3.8) is 0 Å². The van der Waals surface area contributed by atoms with E-state index < -0.39 is 12.3 Å². The van der Waals surface area contributed by atoms with Gasteiger partial charge < -0.3 is 26.4 Å². The molecule has 0 radical (unpaired) electrons. The fourth-order valence-corrected chi connectivity index (χ4v) is 5.11. The van der Waals surface area contributed by atoms with Crippen LogP contribution in [0.2, 0.25) is 0 Å². The molecular weight excluding hydrogens is 530 g/mol. The lowest BCUT2D eigenvalue weighted by Crippen LogP contribution is -3.00. The minimum absolute atomic E-state index is 0. The summed E-state index contributed by atoms with van der Waals surface area (Å²) < 4.78 is 12.6. The van der Waals surface area contributed by atoms with Gasteiger partial charge in [0.25, 0.3) is 5.91 Å². The third-order valence-electron chi connectivity index (χ3n) is 7.57. The Morgan fingerprint density at radius 2 is 1.38 bits per heavy atom. The van der Waals surface area contributed by atoms with Crippen LogP contribution in [-0.4, -0.2) is 91.4 Å². The van der Waals surface area contributed by atoms with Crippen LogP contribution in [0.5, 0.6) is 0 Å². The molecule has 1 aliphatic heterocycles. The van der Waals surface area contributed by atoms with Gasteiger partial charge in [0.1, 0.15) is 18.9 Å². The Morgan fingerprint density at radius 3 is 1.82 bits per heavy atom. The molecule has 3 unspecified atom stereocenters. The van der Waals surface area contributed by atoms with E-state index in [1.807, 2.05) is 35.0 Å². The van der Waals surface area contributed by atoms with Crippen LogP contribution >= 0.6 is 0 Å². The number of quaternary nitrogens is 1. The summed E-state index contributed by atoms with van der Waals surface area (Å²) in [6.45, 7) is 8.58. The van der Waals surface area contributed by atoms with E-state index in [0.717, 1.165) is 19.3 Å². The van der Waals surface area contributed by atoms with Crippen molar-refractivity contribution in [1.29, 1.82) is 0 Å². The van der Waals surface area contributed by atoms with Gasteiger partial charge in [-0.25, -0.2) is 4.79 Å². The molecule has 0 spiro atoms. The van der Waals surface area contributed by atoms with Gasteiger partial charge in [0, 0.05) is 6.92 Å². The van der Waals surface area contributed by atoms with Crippen molar-refractivity contribution in [2.45, 2.75) is 142 Å². The predicted octanol–water partition coefficient (Wildman–Crippen LogP) is 3.52. The lowest BCUT2D eigenvalue weighted by Gasteiger charge is -2.33. The Bertz CT molecular complexity index is 716. The van der Waals surface area contributed by atoms with Gasteiger partial charge in [0.2, 0.25) is 0 Å². The molecule has 8 nitrogen and oxygen atoms in total. The molecule has 1 aliphatic rings. The number of carbonyl (C=O) groups is 3. The Balaban J connectivity index is 0.0000152. The number of amides is 3. The Morgan fingerprint density at radius 1 is 0.875 bits per heavy atom. The van der Waals surface area contributed by atoms with E-state index in [1.54, 1.807) is 0 Å². The molecule has 0 aromatic heterocycles. The average Bonchev–Trinajstić information content (AvgIpc) is 3.14. The largest absolute Gasteiger partial charge is 1.00 e. The summed E-state index contributed by atoms with van der Waals surface area (Å²) in [5.74, 6) is -0.523. The number of ether oxygens (including phenoxy) is 2. The maximum absolute atomic E-state index is 13.1. The molecule has 236 valence electrons. The maximum Gasteiger partial charge on any atom is 0.329 e. The number of unbranched alkanes of at least 4 members (excludes halogenated alkanes) is 12. The number of nitrogens with zero attached hydrogens (tertiary/aromatic N) is 3. The Labute approximate surface area is 251 Å². The lowest BCUT2D eigenvalue weighted by molar-refractivity contribution is -0.869. The first-order chi connectivity index (χ1) is 18.5. The van der Waals surface area contributed by atoms with Crippen molar-refractivity contribution >= 4 is 17.9 Å². The van der Waals surface area contributed by atoms with Crippen LogP contribution in [-0.2, 0) is 19.1 Å². The number of urea groups is 1. The van der Waals surface area contributed by atoms with Crippen molar-refractivity contribution in [3.05, 3.63) is 0 Å². The van der Waals surface area contributed by atoms with Crippen LogP contribution in [0.1, 0.15) is 124 Å². The van der Waals surface area contributed by atoms with Gasteiger partial charge in [-0.3, -0.25) is 19.4 Å². The number of hydrogen-bond donors (Lipinski definition) is 0. The summed E-state index contributed by atoms with van der Waals surface area (Å²) in [6, 6.07) is -0.292. The number of hydrogen-bond acceptors (Lipinski definition) is 5. The molecule has 1 fully saturated rings. The second-order valence-electron chi connectivity index (χ2n) is 12.4. The topological polar surface area (TPSA) is 76.2 Å². The van der Waals surface area contributed by atoms with Crippen LogP contribution < -0.4 is 12.4 Å². The van der Waals surface area contributed by atoms with E-state index in [9.17, 15) is 14.4 Å². The van der Waals surface area contributed by atoms with Crippen molar-refractivity contribution in [3.8, 4) is 0 Å². The monoisotopic (exact) mass is 589 g/mol. The number of carbonyl (C=O) groups excluding carboxylic acids is 3. The highest BCUT2D eigenvalue weighted by atomic mass is 35.5. The number of esters is 1. The third kappa shape index (κ3) is 16.2. The van der Waals surface area contributed by atoms with Crippen LogP contribution in [0.4, 0.5) is 4.79 Å². The molecule has 0 bridgehead atoms. The van der Waals surface area contributed by atoms with Crippen molar-refractivity contribution in [2.75, 3.05) is 40.8 Å². The van der Waals surface area contributed by atoms with Gasteiger partial charge in [0.05, 0.1) is 40.3 Å². The highest BCUT2D eigenvalue weighted by molar-refractivity contribution is 6.02. The van der Waals surface area contributed by atoms with Gasteiger partial charge >= 0.3 is 12.0 Å². The summed E-state index contributed by atoms with van der Waals surface area (Å²) in [6.07, 6.45) is 16.8. The first-order valence-corrected chi connectivity index (χ1v) is 15.7. The highest BCUT2D eigenvalue weighted by Gasteiger charge is 2.41. The molecule has 40 heavy (non-hydrogen) atoms. The molecule has 1 saturated heterocycles. The van der Waals surface area contributed by atoms with E-state index in [-0.39, 0.29) is 43.0 Å². The molecule has 0 aromatic rings. The molecule has 0 N–H and O–H groups in total. The van der Waals surface area contributed by atoms with E-state index in [4.69, 9.17) is 9.47 Å². The smallest absolute Gasteiger partial charge is 0.329 e. The van der Waals surface area contributed by atoms with Gasteiger partial charge in [-0.05, 0) is 19.8 Å². The first-order valence-electron chi connectivity index (χ1n) is 15.7. The molecule has 3 atom stereocenters. The molecule has 0 saturated carbocycles. The van der Waals surface area contributed by atoms with Gasteiger partial charge in [0.15, 0.2) is 0 Å². The number of likely N-dealkylation sites (N-methyl/N-ethyl adjacent to an activating group) is 1. The summed E-state index contributed by atoms with van der Waals surface area (Å²) in [5, 5.41) is 0. The van der Waals surface area contributed by atoms with E-state index >= 15 is 0 Å². The summed E-state index contributed by atoms with van der Waals surface area (Å²) >= 11 is 0. The second-order valence-corrected chi connectivity index (χ2v) is 12.4. The molecular formula is C31H60ClN3O5. The fraction of sp³-hybridized carbons (Fsp3) is 0.903. The summed E-state index contributed by atoms with van der Waals surface area (Å²) in [5.41, 5.74) is 0. The normalized spacial score (nSPS) is 16.2. The fourth-order valence-electron chi connectivity index (χ4n) is 5.11. The highest BCUT2D eigenvalue weighted by Crippen LogP contribution is 2.23. The van der Waals surface area contributed by atoms with E-state index in [0.29, 0.717) is 24.0 Å². The quantitative estimate of drug-likeness (QED) is 0.0789. The van der Waals surface area contributed by atoms with Crippen LogP contribution in [0.25, 0.3) is 0 Å². The van der Waals surface area contributed by atoms with Crippen molar-refractivity contribution in [2.24, 2.45) is 0 Å². The number of halogens is 1.